The molecule has 1 aliphatic heterocycles. The molecule has 1 aliphatic rings. The number of nitrogens with one attached hydrogen (secondary N) is 1. The number of carbonyl (C=O) groups excluding carboxylic acids is 2. The molecule has 1 atom stereocenters. The molecule has 8 heteroatoms. The van der Waals surface area contributed by atoms with Crippen LogP contribution in [-0.2, 0) is 14.3 Å². The van der Waals surface area contributed by atoms with Crippen LogP contribution in [0.25, 0.3) is 0 Å². The van der Waals surface area contributed by atoms with Gasteiger partial charge in [0, 0.05) is 12.5 Å². The number of amidine groups is 1. The van der Waals surface area contributed by atoms with Crippen LogP contribution in [0.1, 0.15) is 12.5 Å². The molecule has 1 aromatic carbocycles. The molecule has 5 nitrogen and oxygen atoms in total. The van der Waals surface area contributed by atoms with Crippen molar-refractivity contribution in [3.63, 3.8) is 0 Å². The molecule has 0 unspecified atom stereocenters. The van der Waals surface area contributed by atoms with Crippen molar-refractivity contribution in [2.24, 2.45) is 4.99 Å². The molecule has 2 rings (SSSR count). The van der Waals surface area contributed by atoms with Gasteiger partial charge in [0.1, 0.15) is 5.84 Å². The fraction of sp³-hybridized carbons (Fsp3) is 0.250. The molecular weight excluding hydrogens is 277 g/mol. The number of aliphatic imine (C=N–C) groups is 1. The van der Waals surface area contributed by atoms with Gasteiger partial charge < -0.3 is 10.1 Å². The molecule has 0 saturated carbocycles. The van der Waals surface area contributed by atoms with Gasteiger partial charge >= 0.3 is 23.8 Å². The molecule has 1 amide bonds. The lowest BCUT2D eigenvalue weighted by molar-refractivity contribution is -0.255. The zero-order chi connectivity index (χ0) is 15.0. The van der Waals surface area contributed by atoms with Crippen LogP contribution in [0.2, 0.25) is 0 Å². The van der Waals surface area contributed by atoms with Crippen molar-refractivity contribution in [3.8, 4) is 0 Å². The van der Waals surface area contributed by atoms with Crippen LogP contribution >= 0.6 is 0 Å². The number of alkyl halides is 3. The van der Waals surface area contributed by atoms with Crippen LogP contribution in [0.5, 0.6) is 0 Å². The van der Waals surface area contributed by atoms with Gasteiger partial charge in [-0.25, -0.2) is 4.99 Å². The van der Waals surface area contributed by atoms with Crippen LogP contribution in [0.4, 0.5) is 13.2 Å². The maximum Gasteiger partial charge on any atom is 0.461 e. The van der Waals surface area contributed by atoms with Gasteiger partial charge in [0.25, 0.3) is 0 Å². The van der Waals surface area contributed by atoms with E-state index in [2.05, 4.69) is 9.73 Å². The number of halogens is 3. The monoisotopic (exact) mass is 286 g/mol. The number of hydrogen-bond acceptors (Lipinski definition) is 4. The van der Waals surface area contributed by atoms with Gasteiger partial charge in [-0.15, -0.1) is 0 Å². The topological polar surface area (TPSA) is 67.8 Å². The van der Waals surface area contributed by atoms with Crippen molar-refractivity contribution in [3.05, 3.63) is 35.9 Å². The summed E-state index contributed by atoms with van der Waals surface area (Å²) in [4.78, 5) is 25.8. The summed E-state index contributed by atoms with van der Waals surface area (Å²) in [5.41, 5.74) is -3.25. The Morgan fingerprint density at radius 1 is 1.30 bits per heavy atom. The summed E-state index contributed by atoms with van der Waals surface area (Å²) in [6.45, 7) is 0.775. The highest BCUT2D eigenvalue weighted by atomic mass is 19.4. The number of benzene rings is 1. The normalized spacial score (nSPS) is 22.2. The average molecular weight is 286 g/mol. The first kappa shape index (κ1) is 14.0. The Hall–Kier alpha value is -2.38. The summed E-state index contributed by atoms with van der Waals surface area (Å²) in [6.07, 6.45) is -5.15. The van der Waals surface area contributed by atoms with Gasteiger partial charge in [-0.3, -0.25) is 9.59 Å². The molecule has 0 aliphatic carbocycles. The summed E-state index contributed by atoms with van der Waals surface area (Å²) in [5, 5.41) is 1.99. The van der Waals surface area contributed by atoms with Crippen LogP contribution in [0.3, 0.4) is 0 Å². The first-order chi connectivity index (χ1) is 9.26. The maximum atomic E-state index is 13.1. The van der Waals surface area contributed by atoms with E-state index >= 15 is 0 Å². The molecule has 0 radical (unpaired) electrons. The van der Waals surface area contributed by atoms with Crippen molar-refractivity contribution < 1.29 is 27.5 Å². The van der Waals surface area contributed by atoms with E-state index in [4.69, 9.17) is 0 Å². The van der Waals surface area contributed by atoms with Crippen molar-refractivity contribution in [1.82, 2.24) is 5.32 Å². The predicted molar refractivity (Wildman–Crippen MR) is 61.7 cm³/mol. The minimum absolute atomic E-state index is 0.277. The van der Waals surface area contributed by atoms with E-state index in [-0.39, 0.29) is 11.4 Å². The average Bonchev–Trinajstić information content (AvgIpc) is 2.68. The molecule has 106 valence electrons. The number of ether oxygens (including phenoxy) is 1. The van der Waals surface area contributed by atoms with Crippen molar-refractivity contribution in [2.75, 3.05) is 0 Å². The van der Waals surface area contributed by atoms with Crippen LogP contribution in [0, 0.1) is 0 Å². The van der Waals surface area contributed by atoms with E-state index in [1.165, 1.54) is 12.1 Å². The lowest BCUT2D eigenvalue weighted by atomic mass is 10.2. The number of carbonyl (C=O) groups is 2. The maximum absolute atomic E-state index is 13.1. The van der Waals surface area contributed by atoms with Gasteiger partial charge in [-0.1, -0.05) is 30.3 Å². The molecular formula is C12H9F3N2O3. The minimum Gasteiger partial charge on any atom is -0.419 e. The highest BCUT2D eigenvalue weighted by molar-refractivity contribution is 6.15. The number of amides is 1. The van der Waals surface area contributed by atoms with E-state index in [0.29, 0.717) is 0 Å². The lowest BCUT2D eigenvalue weighted by Crippen LogP contribution is -2.54. The second-order valence-electron chi connectivity index (χ2n) is 4.02. The Morgan fingerprint density at radius 2 is 1.90 bits per heavy atom. The van der Waals surface area contributed by atoms with Crippen LogP contribution in [0.15, 0.2) is 35.3 Å². The van der Waals surface area contributed by atoms with Gasteiger partial charge in [-0.2, -0.15) is 13.2 Å². The first-order valence-corrected chi connectivity index (χ1v) is 5.49. The highest BCUT2D eigenvalue weighted by Crippen LogP contribution is 2.38. The van der Waals surface area contributed by atoms with Gasteiger partial charge in [0.2, 0.25) is 0 Å². The van der Waals surface area contributed by atoms with E-state index in [1.807, 2.05) is 5.32 Å². The Kier molecular flexibility index (Phi) is 3.24. The summed E-state index contributed by atoms with van der Waals surface area (Å²) in [5.74, 6) is -3.09. The second kappa shape index (κ2) is 4.62. The molecule has 20 heavy (non-hydrogen) atoms. The van der Waals surface area contributed by atoms with E-state index in [1.54, 1.807) is 18.2 Å². The van der Waals surface area contributed by atoms with E-state index in [9.17, 15) is 22.8 Å². The molecule has 0 saturated heterocycles. The number of esters is 1. The number of nitrogens with zero attached hydrogens (tertiary/aromatic N) is 1. The minimum atomic E-state index is -5.15. The largest absolute Gasteiger partial charge is 0.461 e. The Morgan fingerprint density at radius 3 is 2.40 bits per heavy atom. The standard InChI is InChI=1S/C12H9F3N2O3/c1-7(18)20-11(12(13,14)15)10(19)16-9(17-11)8-5-3-2-4-6-8/h2-6H,1H3,(H,16,17,19)/t11-/m0/s1. The van der Waals surface area contributed by atoms with Crippen LogP contribution < -0.4 is 5.32 Å². The SMILES string of the molecule is CC(=O)O[C@@]1(C(F)(F)F)N=C(c2ccccc2)NC1=O. The molecule has 1 heterocycles. The zero-order valence-corrected chi connectivity index (χ0v) is 10.2. The van der Waals surface area contributed by atoms with Crippen molar-refractivity contribution in [1.29, 1.82) is 0 Å². The highest BCUT2D eigenvalue weighted by Gasteiger charge is 2.67. The summed E-state index contributed by atoms with van der Waals surface area (Å²) >= 11 is 0. The molecule has 0 fully saturated rings. The van der Waals surface area contributed by atoms with Gasteiger partial charge in [-0.05, 0) is 0 Å². The molecule has 0 bridgehead atoms. The van der Waals surface area contributed by atoms with Crippen molar-refractivity contribution >= 4 is 17.7 Å². The number of rotatable bonds is 2. The smallest absolute Gasteiger partial charge is 0.419 e. The lowest BCUT2D eigenvalue weighted by Gasteiger charge is -2.24. The molecule has 1 N–H and O–H groups in total. The third kappa shape index (κ3) is 2.24. The summed E-state index contributed by atoms with van der Waals surface area (Å²) in [6, 6.07) is 7.75. The Balaban J connectivity index is 2.50. The zero-order valence-electron chi connectivity index (χ0n) is 10.2. The molecule has 1 aromatic rings. The quantitative estimate of drug-likeness (QED) is 0.835. The van der Waals surface area contributed by atoms with Crippen LogP contribution in [-0.4, -0.2) is 29.6 Å². The van der Waals surface area contributed by atoms with Crippen molar-refractivity contribution in [2.45, 2.75) is 18.8 Å². The van der Waals surface area contributed by atoms with E-state index in [0.717, 1.165) is 6.92 Å². The van der Waals surface area contributed by atoms with Gasteiger partial charge in [0.05, 0.1) is 0 Å². The fourth-order valence-electron chi connectivity index (χ4n) is 1.69. The Labute approximate surface area is 111 Å². The molecule has 0 aromatic heterocycles. The first-order valence-electron chi connectivity index (χ1n) is 5.49. The predicted octanol–water partition coefficient (Wildman–Crippen LogP) is 1.38. The molecule has 0 spiro atoms. The van der Waals surface area contributed by atoms with E-state index < -0.39 is 23.8 Å². The Bertz CT molecular complexity index is 583. The second-order valence-corrected chi connectivity index (χ2v) is 4.02. The third-order valence-electron chi connectivity index (χ3n) is 2.53. The third-order valence-corrected chi connectivity index (χ3v) is 2.53. The number of hydrogen-bond donors (Lipinski definition) is 1. The summed E-state index contributed by atoms with van der Waals surface area (Å²) < 4.78 is 43.4. The summed E-state index contributed by atoms with van der Waals surface area (Å²) in [7, 11) is 0. The fourth-order valence-corrected chi connectivity index (χ4v) is 1.69. The van der Waals surface area contributed by atoms with Gasteiger partial charge in [0.15, 0.2) is 0 Å².